The molecule has 1 rings (SSSR count). The summed E-state index contributed by atoms with van der Waals surface area (Å²) in [4.78, 5) is 2.26. The van der Waals surface area contributed by atoms with E-state index in [0.717, 1.165) is 22.7 Å². The molecule has 0 aliphatic rings. The van der Waals surface area contributed by atoms with Gasteiger partial charge in [0.2, 0.25) is 0 Å². The van der Waals surface area contributed by atoms with Gasteiger partial charge in [0.15, 0.2) is 0 Å². The van der Waals surface area contributed by atoms with E-state index in [-0.39, 0.29) is 0 Å². The van der Waals surface area contributed by atoms with Crippen molar-refractivity contribution in [1.29, 1.82) is 0 Å². The van der Waals surface area contributed by atoms with E-state index in [2.05, 4.69) is 15.4 Å². The zero-order valence-corrected chi connectivity index (χ0v) is 5.35. The van der Waals surface area contributed by atoms with Crippen LogP contribution in [0.5, 0.6) is 0 Å². The van der Waals surface area contributed by atoms with Crippen LogP contribution in [0.25, 0.3) is 0 Å². The molecule has 1 heterocycles. The molecule has 0 aromatic carbocycles. The fourth-order valence-corrected chi connectivity index (χ4v) is 3.06. The summed E-state index contributed by atoms with van der Waals surface area (Å²) in [5, 5.41) is 0. The van der Waals surface area contributed by atoms with Gasteiger partial charge in [-0.1, -0.05) is 0 Å². The summed E-state index contributed by atoms with van der Waals surface area (Å²) in [6, 6.07) is 0. The number of hydrogen-bond acceptors (Lipinski definition) is 0. The van der Waals surface area contributed by atoms with Crippen LogP contribution in [0.15, 0.2) is 15.4 Å². The maximum absolute atomic E-state index is 2.34. The van der Waals surface area contributed by atoms with Crippen molar-refractivity contribution in [1.82, 2.24) is 0 Å². The van der Waals surface area contributed by atoms with Gasteiger partial charge in [-0.15, -0.1) is 0 Å². The molecule has 1 aromatic rings. The molecule has 0 fully saturated rings. The first-order chi connectivity index (χ1) is 2.50. The number of rotatable bonds is 0. The Labute approximate surface area is 38.7 Å². The predicted octanol–water partition coefficient (Wildman–Crippen LogP) is 1.06. The molecule has 5 heavy (non-hydrogen) atoms. The van der Waals surface area contributed by atoms with Crippen LogP contribution in [0.3, 0.4) is 0 Å². The van der Waals surface area contributed by atoms with Crippen molar-refractivity contribution in [2.75, 3.05) is 0 Å². The van der Waals surface area contributed by atoms with Crippen molar-refractivity contribution in [3.8, 4) is 0 Å². The Balaban J connectivity index is 3.13. The van der Waals surface area contributed by atoms with Crippen LogP contribution in [0, 0.1) is 0 Å². The zero-order chi connectivity index (χ0) is 3.54. The molecule has 0 N–H and O–H groups in total. The predicted molar refractivity (Wildman–Crippen MR) is 27.3 cm³/mol. The van der Waals surface area contributed by atoms with Gasteiger partial charge in [0.1, 0.15) is 0 Å². The van der Waals surface area contributed by atoms with Crippen molar-refractivity contribution in [3.63, 3.8) is 0 Å². The van der Waals surface area contributed by atoms with Gasteiger partial charge in [0, 0.05) is 0 Å². The SMILES string of the molecule is c1c[se]c[pH+]1. The van der Waals surface area contributed by atoms with Crippen LogP contribution < -0.4 is 0 Å². The molecule has 0 spiro atoms. The quantitative estimate of drug-likeness (QED) is 0.485. The van der Waals surface area contributed by atoms with Gasteiger partial charge in [-0.25, -0.2) is 0 Å². The van der Waals surface area contributed by atoms with Crippen molar-refractivity contribution >= 4 is 22.7 Å². The van der Waals surface area contributed by atoms with Gasteiger partial charge in [-0.3, -0.25) is 0 Å². The number of hydrogen-bond donors (Lipinski definition) is 0. The summed E-state index contributed by atoms with van der Waals surface area (Å²) in [6.07, 6.45) is 0. The zero-order valence-electron chi connectivity index (χ0n) is 2.64. The van der Waals surface area contributed by atoms with E-state index in [9.17, 15) is 0 Å². The third-order valence-corrected chi connectivity index (χ3v) is 3.88. The minimum absolute atomic E-state index is 0.776. The topological polar surface area (TPSA) is 0 Å². The van der Waals surface area contributed by atoms with E-state index >= 15 is 0 Å². The Morgan fingerprint density at radius 3 is 2.80 bits per heavy atom. The molecular weight excluding hydrogens is 146 g/mol. The molecule has 0 aliphatic heterocycles. The van der Waals surface area contributed by atoms with E-state index in [0.29, 0.717) is 0 Å². The van der Waals surface area contributed by atoms with E-state index in [1.54, 1.807) is 0 Å². The van der Waals surface area contributed by atoms with Gasteiger partial charge in [-0.05, 0) is 0 Å². The van der Waals surface area contributed by atoms with Gasteiger partial charge >= 0.3 is 38.1 Å². The molecule has 0 saturated carbocycles. The Kier molecular flexibility index (Phi) is 1.28. The van der Waals surface area contributed by atoms with Gasteiger partial charge in [0.25, 0.3) is 0 Å². The molecule has 0 amide bonds. The molecule has 1 unspecified atom stereocenters. The van der Waals surface area contributed by atoms with E-state index in [1.165, 1.54) is 0 Å². The second kappa shape index (κ2) is 1.77. The molecule has 1 atom stereocenters. The normalized spacial score (nSPS) is 9.60. The summed E-state index contributed by atoms with van der Waals surface area (Å²) >= 11 is 0.776. The summed E-state index contributed by atoms with van der Waals surface area (Å²) < 4.78 is 2.34. The Hall–Kier alpha value is 0.429. The Morgan fingerprint density at radius 1 is 1.60 bits per heavy atom. The standard InChI is InChI=1S/C3H3PSe/c1-2-5-3-4-1/h1-3H/p+1. The van der Waals surface area contributed by atoms with Crippen LogP contribution in [0.2, 0.25) is 0 Å². The minimum atomic E-state index is 0.776. The molecule has 1 aromatic heterocycles. The fraction of sp³-hybridized carbons (Fsp3) is 0. The second-order valence-electron chi connectivity index (χ2n) is 0.723. The molecule has 0 bridgehead atoms. The first kappa shape index (κ1) is 3.61. The summed E-state index contributed by atoms with van der Waals surface area (Å²) in [5.74, 6) is 2.24. The Morgan fingerprint density at radius 2 is 2.60 bits per heavy atom. The van der Waals surface area contributed by atoms with E-state index in [1.807, 2.05) is 0 Å². The molecule has 0 nitrogen and oxygen atoms in total. The fourth-order valence-electron chi connectivity index (χ4n) is 0.196. The van der Waals surface area contributed by atoms with Crippen LogP contribution in [-0.2, 0) is 0 Å². The van der Waals surface area contributed by atoms with Crippen molar-refractivity contribution in [3.05, 3.63) is 15.4 Å². The van der Waals surface area contributed by atoms with Crippen molar-refractivity contribution < 1.29 is 0 Å². The van der Waals surface area contributed by atoms with Crippen molar-refractivity contribution in [2.24, 2.45) is 0 Å². The average molecular weight is 150 g/mol. The summed E-state index contributed by atoms with van der Waals surface area (Å²) in [7, 11) is 1.03. The molecule has 26 valence electrons. The Bertz CT molecular complexity index is 63.4. The summed E-state index contributed by atoms with van der Waals surface area (Å²) in [6.45, 7) is 0. The van der Waals surface area contributed by atoms with Crippen LogP contribution >= 0.6 is 8.19 Å². The molecule has 0 aliphatic carbocycles. The van der Waals surface area contributed by atoms with Crippen LogP contribution in [-0.4, -0.2) is 14.5 Å². The van der Waals surface area contributed by atoms with Gasteiger partial charge in [-0.2, -0.15) is 0 Å². The first-order valence-electron chi connectivity index (χ1n) is 1.38. The molecular formula is C3H4PSe+. The van der Waals surface area contributed by atoms with Crippen LogP contribution in [0.1, 0.15) is 0 Å². The third kappa shape index (κ3) is 0.887. The monoisotopic (exact) mass is 151 g/mol. The second-order valence-corrected chi connectivity index (χ2v) is 4.25. The van der Waals surface area contributed by atoms with Gasteiger partial charge < -0.3 is 0 Å². The third-order valence-electron chi connectivity index (χ3n) is 0.379. The van der Waals surface area contributed by atoms with Gasteiger partial charge in [0.05, 0.1) is 0 Å². The van der Waals surface area contributed by atoms with Crippen molar-refractivity contribution in [2.45, 2.75) is 0 Å². The molecule has 2 heteroatoms. The molecule has 0 saturated heterocycles. The van der Waals surface area contributed by atoms with E-state index < -0.39 is 0 Å². The molecule has 0 radical (unpaired) electrons. The van der Waals surface area contributed by atoms with E-state index in [4.69, 9.17) is 0 Å². The maximum atomic E-state index is 2.34. The first-order valence-corrected chi connectivity index (χ1v) is 4.51. The average Bonchev–Trinajstić information content (AvgIpc) is 1.76. The van der Waals surface area contributed by atoms with Crippen LogP contribution in [0.4, 0.5) is 0 Å². The summed E-state index contributed by atoms with van der Waals surface area (Å²) in [5.41, 5.74) is 0.